The summed E-state index contributed by atoms with van der Waals surface area (Å²) in [6.07, 6.45) is 1.90. The van der Waals surface area contributed by atoms with Gasteiger partial charge < -0.3 is 4.79 Å². The number of allylic oxidation sites excluding steroid dienone is 4. The second kappa shape index (κ2) is 4.49. The van der Waals surface area contributed by atoms with Crippen molar-refractivity contribution in [3.63, 3.8) is 0 Å². The average molecular weight is 266 g/mol. The Balaban J connectivity index is 2.03. The van der Waals surface area contributed by atoms with Crippen molar-refractivity contribution in [2.24, 2.45) is 0 Å². The number of carbonyl (C=O) groups excluding carboxylic acids is 4. The third kappa shape index (κ3) is 1.69. The maximum atomic E-state index is 12.3. The average Bonchev–Trinajstić information content (AvgIpc) is 2.91. The molecule has 0 saturated heterocycles. The number of aldehydes is 1. The van der Waals surface area contributed by atoms with Gasteiger partial charge in [0, 0.05) is 34.3 Å². The first-order valence-electron chi connectivity index (χ1n) is 6.22. The molecule has 98 valence electrons. The molecule has 2 aliphatic carbocycles. The third-order valence-corrected chi connectivity index (χ3v) is 3.57. The van der Waals surface area contributed by atoms with Crippen LogP contribution in [0.4, 0.5) is 0 Å². The van der Waals surface area contributed by atoms with Crippen LogP contribution in [-0.2, 0) is 9.59 Å². The Bertz CT molecular complexity index is 735. The lowest BCUT2D eigenvalue weighted by Gasteiger charge is -2.15. The standard InChI is InChI=1S/C16H10O4/c17-6-5-14(18)9-7-12-13(8-9)16(20)11-4-2-1-3-10(11)15(12)19/h1-4,6-7H,5,8H2. The Morgan fingerprint density at radius 1 is 1.10 bits per heavy atom. The summed E-state index contributed by atoms with van der Waals surface area (Å²) in [6, 6.07) is 6.63. The zero-order valence-corrected chi connectivity index (χ0v) is 10.5. The molecule has 4 heteroatoms. The van der Waals surface area contributed by atoms with Crippen molar-refractivity contribution in [2.75, 3.05) is 0 Å². The molecule has 20 heavy (non-hydrogen) atoms. The van der Waals surface area contributed by atoms with Gasteiger partial charge in [-0.1, -0.05) is 24.3 Å². The van der Waals surface area contributed by atoms with Gasteiger partial charge in [0.05, 0.1) is 6.42 Å². The van der Waals surface area contributed by atoms with E-state index in [1.807, 2.05) is 0 Å². The maximum absolute atomic E-state index is 12.3. The fourth-order valence-corrected chi connectivity index (χ4v) is 2.58. The number of rotatable bonds is 3. The molecule has 0 N–H and O–H groups in total. The summed E-state index contributed by atoms with van der Waals surface area (Å²) in [7, 11) is 0. The summed E-state index contributed by atoms with van der Waals surface area (Å²) in [5.41, 5.74) is 1.77. The minimum Gasteiger partial charge on any atom is -0.303 e. The van der Waals surface area contributed by atoms with Gasteiger partial charge in [0.2, 0.25) is 0 Å². The second-order valence-electron chi connectivity index (χ2n) is 4.74. The Morgan fingerprint density at radius 2 is 1.75 bits per heavy atom. The summed E-state index contributed by atoms with van der Waals surface area (Å²) in [6.45, 7) is 0. The van der Waals surface area contributed by atoms with Gasteiger partial charge in [0.25, 0.3) is 0 Å². The lowest BCUT2D eigenvalue weighted by Crippen LogP contribution is -2.19. The monoisotopic (exact) mass is 266 g/mol. The molecule has 0 radical (unpaired) electrons. The largest absolute Gasteiger partial charge is 0.303 e. The molecule has 1 aromatic carbocycles. The number of benzene rings is 1. The Hall–Kier alpha value is -2.62. The summed E-state index contributed by atoms with van der Waals surface area (Å²) >= 11 is 0. The molecule has 2 aliphatic rings. The fourth-order valence-electron chi connectivity index (χ4n) is 2.58. The predicted molar refractivity (Wildman–Crippen MR) is 70.5 cm³/mol. The quantitative estimate of drug-likeness (QED) is 0.618. The number of hydrogen-bond acceptors (Lipinski definition) is 4. The highest BCUT2D eigenvalue weighted by molar-refractivity contribution is 6.29. The van der Waals surface area contributed by atoms with Gasteiger partial charge in [-0.05, 0) is 6.08 Å². The van der Waals surface area contributed by atoms with E-state index < -0.39 is 0 Å². The maximum Gasteiger partial charge on any atom is 0.194 e. The Morgan fingerprint density at radius 3 is 2.40 bits per heavy atom. The molecule has 0 bridgehead atoms. The molecule has 0 heterocycles. The van der Waals surface area contributed by atoms with Gasteiger partial charge in [0.1, 0.15) is 6.29 Å². The van der Waals surface area contributed by atoms with Crippen LogP contribution < -0.4 is 0 Å². The molecule has 0 saturated carbocycles. The first kappa shape index (κ1) is 12.4. The van der Waals surface area contributed by atoms with E-state index in [4.69, 9.17) is 0 Å². The minimum atomic E-state index is -0.334. The molecule has 0 amide bonds. The van der Waals surface area contributed by atoms with E-state index in [1.54, 1.807) is 24.3 Å². The van der Waals surface area contributed by atoms with Crippen LogP contribution in [-0.4, -0.2) is 23.6 Å². The molecule has 4 nitrogen and oxygen atoms in total. The first-order chi connectivity index (χ1) is 9.63. The van der Waals surface area contributed by atoms with Crippen LogP contribution >= 0.6 is 0 Å². The van der Waals surface area contributed by atoms with E-state index >= 15 is 0 Å². The van der Waals surface area contributed by atoms with E-state index in [-0.39, 0.29) is 30.2 Å². The minimum absolute atomic E-state index is 0.140. The molecule has 0 atom stereocenters. The van der Waals surface area contributed by atoms with Gasteiger partial charge in [-0.3, -0.25) is 14.4 Å². The topological polar surface area (TPSA) is 68.3 Å². The number of carbonyl (C=O) groups is 4. The highest BCUT2D eigenvalue weighted by Crippen LogP contribution is 2.36. The number of ketones is 3. The molecular formula is C16H10O4. The van der Waals surface area contributed by atoms with Crippen molar-refractivity contribution in [3.05, 3.63) is 58.2 Å². The van der Waals surface area contributed by atoms with Crippen LogP contribution in [0.1, 0.15) is 33.6 Å². The van der Waals surface area contributed by atoms with Gasteiger partial charge in [-0.15, -0.1) is 0 Å². The number of Topliss-reactive ketones (excluding diaryl/α,β-unsaturated/α-hetero) is 3. The summed E-state index contributed by atoms with van der Waals surface area (Å²) < 4.78 is 0. The fraction of sp³-hybridized carbons (Fsp3) is 0.125. The normalized spacial score (nSPS) is 16.7. The van der Waals surface area contributed by atoms with Crippen LogP contribution in [0, 0.1) is 0 Å². The number of hydrogen-bond donors (Lipinski definition) is 0. The van der Waals surface area contributed by atoms with Crippen molar-refractivity contribution >= 4 is 23.6 Å². The highest BCUT2D eigenvalue weighted by atomic mass is 16.1. The van der Waals surface area contributed by atoms with E-state index in [0.29, 0.717) is 34.1 Å². The molecule has 1 aromatic rings. The third-order valence-electron chi connectivity index (χ3n) is 3.57. The zero-order valence-electron chi connectivity index (χ0n) is 10.5. The lowest BCUT2D eigenvalue weighted by molar-refractivity contribution is -0.119. The molecule has 0 aromatic heterocycles. The molecule has 0 aliphatic heterocycles. The smallest absolute Gasteiger partial charge is 0.194 e. The van der Waals surface area contributed by atoms with E-state index in [2.05, 4.69) is 0 Å². The molecule has 0 spiro atoms. The number of fused-ring (bicyclic) bond motifs is 1. The van der Waals surface area contributed by atoms with Crippen molar-refractivity contribution in [1.82, 2.24) is 0 Å². The Kier molecular flexibility index (Phi) is 2.79. The first-order valence-corrected chi connectivity index (χ1v) is 6.22. The summed E-state index contributed by atoms with van der Waals surface area (Å²) in [5.74, 6) is -0.775. The van der Waals surface area contributed by atoms with Crippen LogP contribution in [0.5, 0.6) is 0 Å². The van der Waals surface area contributed by atoms with Crippen LogP contribution in [0.3, 0.4) is 0 Å². The van der Waals surface area contributed by atoms with Crippen LogP contribution in [0.15, 0.2) is 47.1 Å². The second-order valence-corrected chi connectivity index (χ2v) is 4.74. The Labute approximate surface area is 114 Å². The van der Waals surface area contributed by atoms with Gasteiger partial charge in [-0.25, -0.2) is 0 Å². The highest BCUT2D eigenvalue weighted by Gasteiger charge is 2.35. The van der Waals surface area contributed by atoms with Crippen molar-refractivity contribution < 1.29 is 19.2 Å². The van der Waals surface area contributed by atoms with Gasteiger partial charge in [-0.2, -0.15) is 0 Å². The van der Waals surface area contributed by atoms with Crippen LogP contribution in [0.25, 0.3) is 0 Å². The van der Waals surface area contributed by atoms with E-state index in [1.165, 1.54) is 6.08 Å². The van der Waals surface area contributed by atoms with Crippen molar-refractivity contribution in [3.8, 4) is 0 Å². The zero-order chi connectivity index (χ0) is 14.3. The summed E-state index contributed by atoms with van der Waals surface area (Å²) in [4.78, 5) is 46.8. The van der Waals surface area contributed by atoms with Crippen LogP contribution in [0.2, 0.25) is 0 Å². The van der Waals surface area contributed by atoms with Crippen molar-refractivity contribution in [2.45, 2.75) is 12.8 Å². The van der Waals surface area contributed by atoms with Gasteiger partial charge >= 0.3 is 0 Å². The molecular weight excluding hydrogens is 256 g/mol. The molecule has 0 fully saturated rings. The SMILES string of the molecule is O=CCC(=O)C1=CC2=C(C1)C(=O)c1ccccc1C2=O. The molecule has 0 unspecified atom stereocenters. The predicted octanol–water partition coefficient (Wildman–Crippen LogP) is 1.85. The van der Waals surface area contributed by atoms with Crippen molar-refractivity contribution in [1.29, 1.82) is 0 Å². The molecule has 3 rings (SSSR count). The summed E-state index contributed by atoms with van der Waals surface area (Å²) in [5, 5.41) is 0. The van der Waals surface area contributed by atoms with Gasteiger partial charge in [0.15, 0.2) is 17.3 Å². The lowest BCUT2D eigenvalue weighted by atomic mass is 9.85. The van der Waals surface area contributed by atoms with E-state index in [9.17, 15) is 19.2 Å². The van der Waals surface area contributed by atoms with E-state index in [0.717, 1.165) is 0 Å².